The van der Waals surface area contributed by atoms with Crippen LogP contribution < -0.4 is 10.2 Å². The number of halogens is 1. The largest absolute Gasteiger partial charge is 0.354 e. The Bertz CT molecular complexity index is 420. The highest BCUT2D eigenvalue weighted by molar-refractivity contribution is 9.10. The molecule has 19 heavy (non-hydrogen) atoms. The van der Waals surface area contributed by atoms with Crippen LogP contribution in [0.4, 0.5) is 5.82 Å². The molecule has 1 aromatic heterocycles. The maximum absolute atomic E-state index is 4.67. The maximum Gasteiger partial charge on any atom is 0.133 e. The van der Waals surface area contributed by atoms with E-state index in [0.29, 0.717) is 12.1 Å². The maximum atomic E-state index is 4.67. The van der Waals surface area contributed by atoms with E-state index in [9.17, 15) is 0 Å². The summed E-state index contributed by atoms with van der Waals surface area (Å²) in [6, 6.07) is 3.28. The third-order valence-corrected chi connectivity index (χ3v) is 4.12. The molecule has 1 atom stereocenters. The Kier molecular flexibility index (Phi) is 5.22. The minimum atomic E-state index is 0.491. The van der Waals surface area contributed by atoms with Gasteiger partial charge in [-0.2, -0.15) is 0 Å². The lowest BCUT2D eigenvalue weighted by molar-refractivity contribution is 0.478. The van der Waals surface area contributed by atoms with Crippen LogP contribution in [0.25, 0.3) is 0 Å². The van der Waals surface area contributed by atoms with E-state index in [1.165, 1.54) is 24.8 Å². The van der Waals surface area contributed by atoms with E-state index >= 15 is 0 Å². The first kappa shape index (κ1) is 14.8. The summed E-state index contributed by atoms with van der Waals surface area (Å²) in [6.07, 6.45) is 5.80. The molecule has 3 nitrogen and oxygen atoms in total. The molecular weight excluding hydrogens is 302 g/mol. The molecule has 0 aliphatic carbocycles. The molecule has 106 valence electrons. The summed E-state index contributed by atoms with van der Waals surface area (Å²) in [5, 5.41) is 3.50. The van der Waals surface area contributed by atoms with Gasteiger partial charge in [-0.3, -0.25) is 0 Å². The second kappa shape index (κ2) is 6.71. The molecule has 0 spiro atoms. The smallest absolute Gasteiger partial charge is 0.133 e. The van der Waals surface area contributed by atoms with Crippen LogP contribution in [0.1, 0.15) is 45.6 Å². The number of hydrogen-bond acceptors (Lipinski definition) is 3. The van der Waals surface area contributed by atoms with Crippen molar-refractivity contribution >= 4 is 21.7 Å². The summed E-state index contributed by atoms with van der Waals surface area (Å²) in [7, 11) is 0. The van der Waals surface area contributed by atoms with Crippen molar-refractivity contribution in [2.24, 2.45) is 0 Å². The average Bonchev–Trinajstić information content (AvgIpc) is 2.37. The quantitative estimate of drug-likeness (QED) is 0.914. The Morgan fingerprint density at radius 1 is 1.47 bits per heavy atom. The van der Waals surface area contributed by atoms with E-state index in [4.69, 9.17) is 0 Å². The molecular formula is C15H24BrN3. The monoisotopic (exact) mass is 325 g/mol. The first-order valence-corrected chi connectivity index (χ1v) is 8.01. The van der Waals surface area contributed by atoms with Crippen LogP contribution in [0.5, 0.6) is 0 Å². The van der Waals surface area contributed by atoms with Gasteiger partial charge in [0.15, 0.2) is 0 Å². The molecule has 1 unspecified atom stereocenters. The number of piperidine rings is 1. The molecule has 1 aromatic rings. The standard InChI is InChI=1S/C15H24BrN3/c1-11(2)17-9-13-8-14(16)10-18-15(13)19-7-5-4-6-12(19)3/h8,10-12,17H,4-7,9H2,1-3H3. The highest BCUT2D eigenvalue weighted by atomic mass is 79.9. The molecule has 0 saturated carbocycles. The third-order valence-electron chi connectivity index (χ3n) is 3.69. The number of aromatic nitrogens is 1. The van der Waals surface area contributed by atoms with Crippen molar-refractivity contribution in [2.45, 2.75) is 58.7 Å². The zero-order valence-electron chi connectivity index (χ0n) is 12.1. The minimum Gasteiger partial charge on any atom is -0.354 e. The van der Waals surface area contributed by atoms with Gasteiger partial charge in [0.25, 0.3) is 0 Å². The van der Waals surface area contributed by atoms with Crippen molar-refractivity contribution in [1.82, 2.24) is 10.3 Å². The van der Waals surface area contributed by atoms with Gasteiger partial charge in [-0.25, -0.2) is 4.98 Å². The zero-order valence-corrected chi connectivity index (χ0v) is 13.7. The van der Waals surface area contributed by atoms with Crippen LogP contribution in [-0.2, 0) is 6.54 Å². The number of rotatable bonds is 4. The molecule has 1 aliphatic heterocycles. The van der Waals surface area contributed by atoms with Crippen LogP contribution in [0.15, 0.2) is 16.7 Å². The summed E-state index contributed by atoms with van der Waals surface area (Å²) in [5.41, 5.74) is 1.29. The molecule has 0 radical (unpaired) electrons. The zero-order chi connectivity index (χ0) is 13.8. The van der Waals surface area contributed by atoms with Crippen LogP contribution in [0.3, 0.4) is 0 Å². The Balaban J connectivity index is 2.22. The highest BCUT2D eigenvalue weighted by Crippen LogP contribution is 2.27. The Labute approximate surface area is 124 Å². The highest BCUT2D eigenvalue weighted by Gasteiger charge is 2.22. The molecule has 1 aliphatic rings. The first-order chi connectivity index (χ1) is 9.08. The summed E-state index contributed by atoms with van der Waals surface area (Å²) < 4.78 is 1.06. The predicted molar refractivity (Wildman–Crippen MR) is 84.6 cm³/mol. The SMILES string of the molecule is CC(C)NCc1cc(Br)cnc1N1CCCCC1C. The van der Waals surface area contributed by atoms with Crippen molar-refractivity contribution in [3.63, 3.8) is 0 Å². The van der Waals surface area contributed by atoms with Gasteiger partial charge in [0.05, 0.1) is 0 Å². The molecule has 2 heterocycles. The van der Waals surface area contributed by atoms with Crippen molar-refractivity contribution < 1.29 is 0 Å². The normalized spacial score (nSPS) is 20.1. The van der Waals surface area contributed by atoms with E-state index < -0.39 is 0 Å². The first-order valence-electron chi connectivity index (χ1n) is 7.22. The van der Waals surface area contributed by atoms with E-state index in [2.05, 4.69) is 58.0 Å². The van der Waals surface area contributed by atoms with Crippen LogP contribution in [0.2, 0.25) is 0 Å². The number of anilines is 1. The molecule has 1 saturated heterocycles. The van der Waals surface area contributed by atoms with Gasteiger partial charge in [0.2, 0.25) is 0 Å². The number of nitrogens with zero attached hydrogens (tertiary/aromatic N) is 2. The van der Waals surface area contributed by atoms with Gasteiger partial charge >= 0.3 is 0 Å². The lowest BCUT2D eigenvalue weighted by Gasteiger charge is -2.35. The predicted octanol–water partition coefficient (Wildman–Crippen LogP) is 3.72. The van der Waals surface area contributed by atoms with Gasteiger partial charge in [0.1, 0.15) is 5.82 Å². The summed E-state index contributed by atoms with van der Waals surface area (Å²) >= 11 is 3.53. The fourth-order valence-corrected chi connectivity index (χ4v) is 2.97. The van der Waals surface area contributed by atoms with Crippen molar-refractivity contribution in [1.29, 1.82) is 0 Å². The second-order valence-electron chi connectivity index (χ2n) is 5.71. The molecule has 1 N–H and O–H groups in total. The lowest BCUT2D eigenvalue weighted by atomic mass is 10.0. The van der Waals surface area contributed by atoms with Crippen LogP contribution >= 0.6 is 15.9 Å². The minimum absolute atomic E-state index is 0.491. The Hall–Kier alpha value is -0.610. The molecule has 1 fully saturated rings. The van der Waals surface area contributed by atoms with E-state index in [-0.39, 0.29) is 0 Å². The molecule has 4 heteroatoms. The lowest BCUT2D eigenvalue weighted by Crippen LogP contribution is -2.39. The van der Waals surface area contributed by atoms with E-state index in [1.54, 1.807) is 0 Å². The van der Waals surface area contributed by atoms with Crippen molar-refractivity contribution in [3.05, 3.63) is 22.3 Å². The van der Waals surface area contributed by atoms with Gasteiger partial charge < -0.3 is 10.2 Å². The Morgan fingerprint density at radius 3 is 2.95 bits per heavy atom. The fraction of sp³-hybridized carbons (Fsp3) is 0.667. The Morgan fingerprint density at radius 2 is 2.26 bits per heavy atom. The van der Waals surface area contributed by atoms with Gasteiger partial charge in [-0.15, -0.1) is 0 Å². The fourth-order valence-electron chi connectivity index (χ4n) is 2.59. The third kappa shape index (κ3) is 3.93. The van der Waals surface area contributed by atoms with Gasteiger partial charge in [0, 0.05) is 41.4 Å². The number of hydrogen-bond donors (Lipinski definition) is 1. The average molecular weight is 326 g/mol. The summed E-state index contributed by atoms with van der Waals surface area (Å²) in [5.74, 6) is 1.16. The summed E-state index contributed by atoms with van der Waals surface area (Å²) in [6.45, 7) is 8.67. The number of pyridine rings is 1. The molecule has 0 amide bonds. The van der Waals surface area contributed by atoms with Gasteiger partial charge in [-0.1, -0.05) is 13.8 Å². The van der Waals surface area contributed by atoms with Crippen LogP contribution in [0, 0.1) is 0 Å². The molecule has 0 bridgehead atoms. The number of nitrogens with one attached hydrogen (secondary N) is 1. The second-order valence-corrected chi connectivity index (χ2v) is 6.63. The molecule has 2 rings (SSSR count). The van der Waals surface area contributed by atoms with Crippen molar-refractivity contribution in [3.8, 4) is 0 Å². The van der Waals surface area contributed by atoms with Crippen LogP contribution in [-0.4, -0.2) is 23.6 Å². The summed E-state index contributed by atoms with van der Waals surface area (Å²) in [4.78, 5) is 7.13. The topological polar surface area (TPSA) is 28.2 Å². The van der Waals surface area contributed by atoms with E-state index in [1.807, 2.05) is 6.20 Å². The molecule has 0 aromatic carbocycles. The van der Waals surface area contributed by atoms with Gasteiger partial charge in [-0.05, 0) is 48.2 Å². The van der Waals surface area contributed by atoms with Crippen molar-refractivity contribution in [2.75, 3.05) is 11.4 Å². The van der Waals surface area contributed by atoms with E-state index in [0.717, 1.165) is 23.4 Å².